The monoisotopic (exact) mass is 866 g/mol. The molecule has 0 bridgehead atoms. The van der Waals surface area contributed by atoms with Gasteiger partial charge in [0.05, 0.1) is 31.5 Å². The van der Waals surface area contributed by atoms with Crippen LogP contribution >= 0.6 is 0 Å². The predicted molar refractivity (Wildman–Crippen MR) is 243 cm³/mol. The number of fused-ring (bicyclic) bond motifs is 2. The van der Waals surface area contributed by atoms with Crippen molar-refractivity contribution in [3.8, 4) is 11.5 Å². The zero-order valence-corrected chi connectivity index (χ0v) is 38.2. The van der Waals surface area contributed by atoms with Crippen LogP contribution in [0.15, 0.2) is 47.7 Å². The summed E-state index contributed by atoms with van der Waals surface area (Å²) in [5.74, 6) is -0.0529. The Labute approximate surface area is 372 Å². The number of aliphatic hydroxyl groups excluding tert-OH is 2. The zero-order valence-electron chi connectivity index (χ0n) is 38.2. The minimum atomic E-state index is -1.32. The summed E-state index contributed by atoms with van der Waals surface area (Å²) in [6.45, 7) is 11.5. The lowest BCUT2D eigenvalue weighted by molar-refractivity contribution is -0.254. The molecule has 1 unspecified atom stereocenters. The lowest BCUT2D eigenvalue weighted by Gasteiger charge is -2.59. The standard InChI is InChI=1S/C50H79N3O9/c1-4-6-7-8-9-10-11-12-13-19-33-59-49(56)52(3)45-37-43(51-62-46-23-16-20-32-58-46)41-35-38(21-14-17-29-54)40(22-15-18-30-55)47-42-36-39(57-34-28-53-26-27-53)24-25-44(42)61-50(45,48(41)47)60-31-5-2/h5,24-25,35-36,38,40,45-48,54-55H,2,4,6-23,26-34,37H2,1,3H3/t38-,40+,45-,46?,47+,48+,50+/m0/s1. The molecule has 3 aliphatic heterocycles. The fourth-order valence-corrected chi connectivity index (χ4v) is 10.3. The van der Waals surface area contributed by atoms with Crippen LogP contribution in [0.4, 0.5) is 4.79 Å². The Balaban J connectivity index is 1.34. The molecule has 0 spiro atoms. The molecule has 1 aromatic rings. The van der Waals surface area contributed by atoms with E-state index in [2.05, 4.69) is 30.5 Å². The molecule has 2 aliphatic carbocycles. The van der Waals surface area contributed by atoms with E-state index in [9.17, 15) is 15.0 Å². The van der Waals surface area contributed by atoms with Crippen molar-refractivity contribution in [2.75, 3.05) is 66.3 Å². The summed E-state index contributed by atoms with van der Waals surface area (Å²) in [6, 6.07) is 5.51. The van der Waals surface area contributed by atoms with E-state index >= 15 is 0 Å². The normalized spacial score (nSPS) is 27.1. The number of hydrogen-bond donors (Lipinski definition) is 2. The minimum Gasteiger partial charge on any atom is -0.492 e. The van der Waals surface area contributed by atoms with Gasteiger partial charge in [-0.1, -0.05) is 94.9 Å². The van der Waals surface area contributed by atoms with Gasteiger partial charge >= 0.3 is 6.09 Å². The molecule has 6 rings (SSSR count). The fourth-order valence-electron chi connectivity index (χ4n) is 10.3. The van der Waals surface area contributed by atoms with Gasteiger partial charge in [0, 0.05) is 64.2 Å². The average molecular weight is 866 g/mol. The number of benzene rings is 1. The Morgan fingerprint density at radius 3 is 2.40 bits per heavy atom. The number of oxime groups is 1. The van der Waals surface area contributed by atoms with Gasteiger partial charge in [0.2, 0.25) is 12.1 Å². The first-order valence-electron chi connectivity index (χ1n) is 24.5. The molecule has 3 fully saturated rings. The molecule has 62 heavy (non-hydrogen) atoms. The van der Waals surface area contributed by atoms with E-state index in [1.165, 1.54) is 44.9 Å². The average Bonchev–Trinajstić information content (AvgIpc) is 4.12. The number of amides is 1. The summed E-state index contributed by atoms with van der Waals surface area (Å²) in [7, 11) is 1.79. The van der Waals surface area contributed by atoms with Gasteiger partial charge in [-0.2, -0.15) is 0 Å². The second-order valence-corrected chi connectivity index (χ2v) is 18.3. The Hall–Kier alpha value is -3.16. The van der Waals surface area contributed by atoms with E-state index in [0.29, 0.717) is 38.4 Å². The molecular formula is C50H79N3O9. The van der Waals surface area contributed by atoms with E-state index in [4.69, 9.17) is 33.7 Å². The first-order chi connectivity index (χ1) is 30.4. The van der Waals surface area contributed by atoms with Crippen molar-refractivity contribution < 1.29 is 43.5 Å². The summed E-state index contributed by atoms with van der Waals surface area (Å²) in [5, 5.41) is 24.8. The molecule has 3 heterocycles. The maximum atomic E-state index is 14.2. The lowest BCUT2D eigenvalue weighted by Crippen LogP contribution is -2.69. The molecule has 1 aromatic carbocycles. The SMILES string of the molecule is C=CCO[C@@]12Oc3ccc(OCCN4CC4)cc3[C@H]3[C@H](CCCCO)[C@@H](CCCCO)C=C(C(=NOC4CCCCO4)C[C@@H]1N(C)C(=O)OCCCCCCCCCCCC)[C@H]32. The molecule has 1 saturated carbocycles. The maximum Gasteiger partial charge on any atom is 0.409 e. The molecule has 12 heteroatoms. The number of carbonyl (C=O) groups is 1. The Morgan fingerprint density at radius 1 is 0.968 bits per heavy atom. The quantitative estimate of drug-likeness (QED) is 0.0348. The summed E-state index contributed by atoms with van der Waals surface area (Å²) >= 11 is 0. The summed E-state index contributed by atoms with van der Waals surface area (Å²) in [4.78, 5) is 24.5. The lowest BCUT2D eigenvalue weighted by atomic mass is 9.55. The fraction of sp³-hybridized carbons (Fsp3) is 0.760. The number of ether oxygens (including phenoxy) is 5. The first kappa shape index (κ1) is 48.3. The molecule has 2 saturated heterocycles. The first-order valence-corrected chi connectivity index (χ1v) is 24.5. The van der Waals surface area contributed by atoms with Crippen LogP contribution in [0.5, 0.6) is 11.5 Å². The highest BCUT2D eigenvalue weighted by Crippen LogP contribution is 2.62. The maximum absolute atomic E-state index is 14.2. The van der Waals surface area contributed by atoms with Crippen LogP contribution in [0.1, 0.15) is 147 Å². The van der Waals surface area contributed by atoms with Gasteiger partial charge in [0.25, 0.3) is 0 Å². The van der Waals surface area contributed by atoms with Crippen molar-refractivity contribution in [3.05, 3.63) is 48.1 Å². The Kier molecular flexibility index (Phi) is 19.8. The molecule has 12 nitrogen and oxygen atoms in total. The summed E-state index contributed by atoms with van der Waals surface area (Å²) < 4.78 is 32.7. The van der Waals surface area contributed by atoms with E-state index in [0.717, 1.165) is 113 Å². The topological polar surface area (TPSA) is 132 Å². The predicted octanol–water partition coefficient (Wildman–Crippen LogP) is 9.53. The number of unbranched alkanes of at least 4 members (excludes halogenated alkanes) is 11. The van der Waals surface area contributed by atoms with Gasteiger partial charge in [-0.05, 0) is 80.6 Å². The van der Waals surface area contributed by atoms with Gasteiger partial charge in [-0.15, -0.1) is 6.58 Å². The summed E-state index contributed by atoms with van der Waals surface area (Å²) in [5.41, 5.74) is 2.81. The van der Waals surface area contributed by atoms with Gasteiger partial charge in [-0.3, -0.25) is 4.90 Å². The third-order valence-electron chi connectivity index (χ3n) is 13.8. The number of hydrogen-bond acceptors (Lipinski definition) is 11. The van der Waals surface area contributed by atoms with Crippen molar-refractivity contribution in [2.45, 2.75) is 159 Å². The van der Waals surface area contributed by atoms with Crippen LogP contribution in [0.25, 0.3) is 0 Å². The van der Waals surface area contributed by atoms with Crippen LogP contribution < -0.4 is 9.47 Å². The largest absolute Gasteiger partial charge is 0.492 e. The third kappa shape index (κ3) is 13.0. The number of likely N-dealkylation sites (N-methyl/N-ethyl adjacent to an activating group) is 1. The van der Waals surface area contributed by atoms with Crippen molar-refractivity contribution in [1.29, 1.82) is 0 Å². The minimum absolute atomic E-state index is 0.118. The van der Waals surface area contributed by atoms with Gasteiger partial charge in [-0.25, -0.2) is 4.79 Å². The molecule has 0 aromatic heterocycles. The van der Waals surface area contributed by atoms with Gasteiger partial charge in [0.15, 0.2) is 0 Å². The van der Waals surface area contributed by atoms with E-state index in [1.807, 2.05) is 12.1 Å². The van der Waals surface area contributed by atoms with Crippen LogP contribution in [-0.2, 0) is 19.0 Å². The molecule has 1 amide bonds. The second-order valence-electron chi connectivity index (χ2n) is 18.3. The number of carbonyl (C=O) groups excluding carboxylic acids is 1. The third-order valence-corrected chi connectivity index (χ3v) is 13.8. The number of aliphatic hydroxyl groups is 2. The molecule has 348 valence electrons. The zero-order chi connectivity index (χ0) is 43.6. The van der Waals surface area contributed by atoms with Crippen LogP contribution in [-0.4, -0.2) is 116 Å². The number of allylic oxidation sites excluding steroid dienone is 1. The highest BCUT2D eigenvalue weighted by Gasteiger charge is 2.65. The van der Waals surface area contributed by atoms with Gasteiger partial charge in [0.1, 0.15) is 24.1 Å². The molecule has 7 atom stereocenters. The molecule has 0 radical (unpaired) electrons. The van der Waals surface area contributed by atoms with Crippen LogP contribution in [0, 0.1) is 17.8 Å². The highest BCUT2D eigenvalue weighted by molar-refractivity contribution is 6.02. The Morgan fingerprint density at radius 2 is 1.71 bits per heavy atom. The Bertz CT molecular complexity index is 1580. The molecular weight excluding hydrogens is 787 g/mol. The van der Waals surface area contributed by atoms with Crippen LogP contribution in [0.3, 0.4) is 0 Å². The summed E-state index contributed by atoms with van der Waals surface area (Å²) in [6.07, 6.45) is 23.2. The van der Waals surface area contributed by atoms with Crippen molar-refractivity contribution in [2.24, 2.45) is 22.9 Å². The number of rotatable bonds is 29. The smallest absolute Gasteiger partial charge is 0.409 e. The van der Waals surface area contributed by atoms with E-state index in [1.54, 1.807) is 18.0 Å². The van der Waals surface area contributed by atoms with Crippen molar-refractivity contribution in [1.82, 2.24) is 9.80 Å². The molecule has 2 N–H and O–H groups in total. The molecule has 5 aliphatic rings. The second kappa shape index (κ2) is 25.4. The van der Waals surface area contributed by atoms with Gasteiger partial charge < -0.3 is 43.6 Å². The van der Waals surface area contributed by atoms with E-state index in [-0.39, 0.29) is 43.5 Å². The van der Waals surface area contributed by atoms with E-state index < -0.39 is 24.2 Å². The van der Waals surface area contributed by atoms with Crippen molar-refractivity contribution in [3.63, 3.8) is 0 Å². The van der Waals surface area contributed by atoms with Crippen LogP contribution in [0.2, 0.25) is 0 Å². The highest BCUT2D eigenvalue weighted by atomic mass is 16.8. The van der Waals surface area contributed by atoms with Crippen molar-refractivity contribution >= 4 is 11.8 Å². The number of nitrogens with zero attached hydrogens (tertiary/aromatic N) is 3.